The van der Waals surface area contributed by atoms with Gasteiger partial charge in [-0.3, -0.25) is 9.69 Å². The Bertz CT molecular complexity index is 779. The number of carboxylic acids is 1. The Morgan fingerprint density at radius 2 is 2.04 bits per heavy atom. The van der Waals surface area contributed by atoms with Crippen molar-refractivity contribution in [3.63, 3.8) is 0 Å². The Labute approximate surface area is 164 Å². The van der Waals surface area contributed by atoms with Crippen molar-refractivity contribution in [3.05, 3.63) is 40.9 Å². The van der Waals surface area contributed by atoms with E-state index in [0.717, 1.165) is 42.6 Å². The molecule has 5 nitrogen and oxygen atoms in total. The summed E-state index contributed by atoms with van der Waals surface area (Å²) in [4.78, 5) is 18.0. The van der Waals surface area contributed by atoms with Crippen LogP contribution in [-0.2, 0) is 11.3 Å². The van der Waals surface area contributed by atoms with Gasteiger partial charge >= 0.3 is 5.97 Å². The molecule has 2 aliphatic carbocycles. The van der Waals surface area contributed by atoms with Gasteiger partial charge in [0.25, 0.3) is 0 Å². The zero-order valence-corrected chi connectivity index (χ0v) is 16.5. The lowest BCUT2D eigenvalue weighted by atomic mass is 9.85. The van der Waals surface area contributed by atoms with Gasteiger partial charge in [0.05, 0.1) is 12.2 Å². The van der Waals surface area contributed by atoms with Crippen LogP contribution in [0, 0.1) is 12.8 Å². The van der Waals surface area contributed by atoms with Gasteiger partial charge in [0, 0.05) is 36.1 Å². The molecule has 2 aliphatic rings. The first kappa shape index (κ1) is 18.6. The highest BCUT2D eigenvalue weighted by molar-refractivity contribution is 7.13. The fourth-order valence-corrected chi connectivity index (χ4v) is 4.49. The minimum Gasteiger partial charge on any atom is -0.480 e. The number of hydrogen-bond acceptors (Lipinski definition) is 5. The van der Waals surface area contributed by atoms with Crippen molar-refractivity contribution in [2.75, 3.05) is 13.1 Å². The second-order valence-electron chi connectivity index (χ2n) is 7.98. The number of rotatable bonds is 9. The van der Waals surface area contributed by atoms with E-state index in [1.165, 1.54) is 24.0 Å². The van der Waals surface area contributed by atoms with Crippen LogP contribution in [0.25, 0.3) is 10.6 Å². The molecule has 0 atom stereocenters. The third kappa shape index (κ3) is 4.94. The van der Waals surface area contributed by atoms with E-state index in [1.807, 2.05) is 0 Å². The monoisotopic (exact) mass is 385 g/mol. The van der Waals surface area contributed by atoms with Crippen LogP contribution >= 0.6 is 11.3 Å². The lowest BCUT2D eigenvalue weighted by Gasteiger charge is -2.43. The molecule has 1 aromatic heterocycles. The number of nitrogens with zero attached hydrogens (tertiary/aromatic N) is 2. The van der Waals surface area contributed by atoms with Crippen LogP contribution in [0.3, 0.4) is 0 Å². The molecule has 2 N–H and O–H groups in total. The Morgan fingerprint density at radius 1 is 1.30 bits per heavy atom. The van der Waals surface area contributed by atoms with Crippen LogP contribution in [0.1, 0.15) is 36.9 Å². The highest BCUT2D eigenvalue weighted by Crippen LogP contribution is 2.34. The summed E-state index contributed by atoms with van der Waals surface area (Å²) in [6.45, 7) is 4.01. The first-order chi connectivity index (χ1) is 13.1. The summed E-state index contributed by atoms with van der Waals surface area (Å²) in [6, 6.07) is 9.37. The van der Waals surface area contributed by atoms with Gasteiger partial charge in [-0.05, 0) is 38.5 Å². The molecule has 0 saturated heterocycles. The number of nitrogens with one attached hydrogen (secondary N) is 1. The Kier molecular flexibility index (Phi) is 5.57. The predicted octanol–water partition coefficient (Wildman–Crippen LogP) is 3.54. The standard InChI is InChI=1S/C21H27N3O2S/c1-14-2-6-16(7-3-14)21-23-18(13-27-21)10-22-17-8-19(9-17)24(12-20(25)26)11-15-4-5-15/h2-3,6-7,13,15,17,19,22H,4-5,8-12H2,1H3,(H,25,26). The fraction of sp³-hybridized carbons (Fsp3) is 0.524. The van der Waals surface area contributed by atoms with Crippen molar-refractivity contribution in [1.29, 1.82) is 0 Å². The Morgan fingerprint density at radius 3 is 2.70 bits per heavy atom. The molecular weight excluding hydrogens is 358 g/mol. The average Bonchev–Trinajstić information content (AvgIpc) is 3.28. The van der Waals surface area contributed by atoms with Crippen LogP contribution in [0.5, 0.6) is 0 Å². The number of aromatic nitrogens is 1. The van der Waals surface area contributed by atoms with E-state index in [9.17, 15) is 4.79 Å². The molecule has 144 valence electrons. The largest absolute Gasteiger partial charge is 0.480 e. The average molecular weight is 386 g/mol. The molecule has 1 aromatic carbocycles. The van der Waals surface area contributed by atoms with Crippen molar-refractivity contribution in [1.82, 2.24) is 15.2 Å². The third-order valence-electron chi connectivity index (χ3n) is 5.58. The molecular formula is C21H27N3O2S. The molecule has 0 aliphatic heterocycles. The van der Waals surface area contributed by atoms with Crippen molar-refractivity contribution in [2.24, 2.45) is 5.92 Å². The molecule has 0 bridgehead atoms. The van der Waals surface area contributed by atoms with Gasteiger partial charge in [0.1, 0.15) is 5.01 Å². The number of thiazole rings is 1. The summed E-state index contributed by atoms with van der Waals surface area (Å²) >= 11 is 1.69. The number of aliphatic carboxylic acids is 1. The van der Waals surface area contributed by atoms with Crippen molar-refractivity contribution >= 4 is 17.3 Å². The maximum atomic E-state index is 11.1. The lowest BCUT2D eigenvalue weighted by Crippen LogP contribution is -2.54. The van der Waals surface area contributed by atoms with Crippen LogP contribution in [-0.4, -0.2) is 46.1 Å². The minimum atomic E-state index is -0.710. The maximum absolute atomic E-state index is 11.1. The van der Waals surface area contributed by atoms with Crippen LogP contribution in [0.4, 0.5) is 0 Å². The van der Waals surface area contributed by atoms with Gasteiger partial charge in [0.15, 0.2) is 0 Å². The van der Waals surface area contributed by atoms with E-state index < -0.39 is 5.97 Å². The molecule has 0 amide bonds. The number of aryl methyl sites for hydroxylation is 1. The normalized spacial score (nSPS) is 22.0. The predicted molar refractivity (Wildman–Crippen MR) is 108 cm³/mol. The van der Waals surface area contributed by atoms with Gasteiger partial charge in [-0.25, -0.2) is 4.98 Å². The van der Waals surface area contributed by atoms with E-state index in [1.54, 1.807) is 11.3 Å². The van der Waals surface area contributed by atoms with Crippen LogP contribution in [0.15, 0.2) is 29.6 Å². The zero-order valence-electron chi connectivity index (χ0n) is 15.7. The van der Waals surface area contributed by atoms with Gasteiger partial charge in [-0.15, -0.1) is 11.3 Å². The molecule has 2 fully saturated rings. The minimum absolute atomic E-state index is 0.180. The zero-order chi connectivity index (χ0) is 18.8. The van der Waals surface area contributed by atoms with E-state index in [0.29, 0.717) is 12.1 Å². The molecule has 27 heavy (non-hydrogen) atoms. The Hall–Kier alpha value is -1.76. The fourth-order valence-electron chi connectivity index (χ4n) is 3.67. The number of benzene rings is 1. The quantitative estimate of drug-likeness (QED) is 0.691. The second-order valence-corrected chi connectivity index (χ2v) is 8.84. The molecule has 0 radical (unpaired) electrons. The summed E-state index contributed by atoms with van der Waals surface area (Å²) < 4.78 is 0. The van der Waals surface area contributed by atoms with Gasteiger partial charge in [-0.2, -0.15) is 0 Å². The third-order valence-corrected chi connectivity index (χ3v) is 6.52. The van der Waals surface area contributed by atoms with Gasteiger partial charge in [-0.1, -0.05) is 29.8 Å². The van der Waals surface area contributed by atoms with E-state index in [4.69, 9.17) is 10.1 Å². The van der Waals surface area contributed by atoms with Crippen LogP contribution in [0.2, 0.25) is 0 Å². The molecule has 2 aromatic rings. The molecule has 0 spiro atoms. The summed E-state index contributed by atoms with van der Waals surface area (Å²) in [5.41, 5.74) is 3.51. The smallest absolute Gasteiger partial charge is 0.317 e. The second kappa shape index (κ2) is 8.09. The lowest BCUT2D eigenvalue weighted by molar-refractivity contribution is -0.139. The van der Waals surface area contributed by atoms with Gasteiger partial charge < -0.3 is 10.4 Å². The first-order valence-corrected chi connectivity index (χ1v) is 10.7. The maximum Gasteiger partial charge on any atom is 0.317 e. The number of carbonyl (C=O) groups is 1. The number of carboxylic acid groups (broad SMARTS) is 1. The number of hydrogen-bond donors (Lipinski definition) is 2. The summed E-state index contributed by atoms with van der Waals surface area (Å²) in [7, 11) is 0. The summed E-state index contributed by atoms with van der Waals surface area (Å²) in [5, 5.41) is 15.9. The van der Waals surface area contributed by atoms with E-state index in [2.05, 4.69) is 46.8 Å². The highest BCUT2D eigenvalue weighted by Gasteiger charge is 2.36. The van der Waals surface area contributed by atoms with Crippen molar-refractivity contribution < 1.29 is 9.90 Å². The topological polar surface area (TPSA) is 65.5 Å². The molecule has 0 unspecified atom stereocenters. The van der Waals surface area contributed by atoms with Crippen molar-refractivity contribution in [2.45, 2.75) is 51.2 Å². The highest BCUT2D eigenvalue weighted by atomic mass is 32.1. The van der Waals surface area contributed by atoms with Crippen molar-refractivity contribution in [3.8, 4) is 10.6 Å². The Balaban J connectivity index is 1.24. The van der Waals surface area contributed by atoms with Gasteiger partial charge in [0.2, 0.25) is 0 Å². The SMILES string of the molecule is Cc1ccc(-c2nc(CNC3CC(N(CC(=O)O)CC4CC4)C3)cs2)cc1. The first-order valence-electron chi connectivity index (χ1n) is 9.77. The summed E-state index contributed by atoms with van der Waals surface area (Å²) in [6.07, 6.45) is 4.60. The summed E-state index contributed by atoms with van der Waals surface area (Å²) in [5.74, 6) is 0.0183. The molecule has 2 saturated carbocycles. The van der Waals surface area contributed by atoms with Crippen LogP contribution < -0.4 is 5.32 Å². The molecule has 4 rings (SSSR count). The molecule has 1 heterocycles. The van der Waals surface area contributed by atoms with E-state index >= 15 is 0 Å². The van der Waals surface area contributed by atoms with E-state index in [-0.39, 0.29) is 6.54 Å². The molecule has 6 heteroatoms.